The van der Waals surface area contributed by atoms with Gasteiger partial charge in [0.25, 0.3) is 11.3 Å². The highest BCUT2D eigenvalue weighted by molar-refractivity contribution is 7.98. The van der Waals surface area contributed by atoms with Crippen molar-refractivity contribution in [3.63, 3.8) is 0 Å². The average Bonchev–Trinajstić information content (AvgIpc) is 3.10. The minimum Gasteiger partial charge on any atom is -0.486 e. The second-order valence-corrected chi connectivity index (χ2v) is 6.68. The van der Waals surface area contributed by atoms with Gasteiger partial charge in [0.2, 0.25) is 5.16 Å². The molecule has 0 amide bonds. The van der Waals surface area contributed by atoms with Gasteiger partial charge < -0.3 is 14.5 Å². The van der Waals surface area contributed by atoms with Crippen LogP contribution in [0.2, 0.25) is 0 Å². The SMILES string of the molecule is O=c1[nH]ccc2c1cnc1nc(SCc3ccc4c(c3)OCCO4)nn12. The lowest BCUT2D eigenvalue weighted by molar-refractivity contribution is 0.171. The van der Waals surface area contributed by atoms with E-state index in [1.807, 2.05) is 18.2 Å². The highest BCUT2D eigenvalue weighted by Gasteiger charge is 2.13. The first-order valence-electron chi connectivity index (χ1n) is 8.02. The fourth-order valence-electron chi connectivity index (χ4n) is 2.83. The standard InChI is InChI=1S/C17H13N5O3S/c23-15-11-8-19-16-20-17(21-22(16)12(11)3-4-18-15)26-9-10-1-2-13-14(7-10)25-6-5-24-13/h1-4,7-8H,5-6,9H2,(H,18,23). The van der Waals surface area contributed by atoms with E-state index in [2.05, 4.69) is 20.1 Å². The molecule has 1 aliphatic rings. The van der Waals surface area contributed by atoms with Crippen LogP contribution in [0.25, 0.3) is 16.7 Å². The van der Waals surface area contributed by atoms with E-state index in [4.69, 9.17) is 9.47 Å². The first-order valence-corrected chi connectivity index (χ1v) is 9.01. The molecule has 0 saturated heterocycles. The molecule has 26 heavy (non-hydrogen) atoms. The fraction of sp³-hybridized carbons (Fsp3) is 0.176. The Morgan fingerprint density at radius 1 is 1.19 bits per heavy atom. The fourth-order valence-corrected chi connectivity index (χ4v) is 3.59. The van der Waals surface area contributed by atoms with Gasteiger partial charge in [0.05, 0.1) is 10.9 Å². The Morgan fingerprint density at radius 2 is 2.08 bits per heavy atom. The largest absolute Gasteiger partial charge is 0.486 e. The third-order valence-electron chi connectivity index (χ3n) is 4.06. The summed E-state index contributed by atoms with van der Waals surface area (Å²) in [7, 11) is 0. The topological polar surface area (TPSA) is 94.4 Å². The normalized spacial score (nSPS) is 13.4. The van der Waals surface area contributed by atoms with Crippen LogP contribution >= 0.6 is 11.8 Å². The molecule has 4 aromatic rings. The van der Waals surface area contributed by atoms with Crippen LogP contribution < -0.4 is 15.0 Å². The number of aromatic nitrogens is 5. The molecule has 1 aromatic carbocycles. The Hall–Kier alpha value is -3.07. The Labute approximate surface area is 151 Å². The van der Waals surface area contributed by atoms with Gasteiger partial charge in [-0.25, -0.2) is 4.98 Å². The summed E-state index contributed by atoms with van der Waals surface area (Å²) < 4.78 is 12.7. The van der Waals surface area contributed by atoms with E-state index in [0.29, 0.717) is 40.8 Å². The molecule has 0 spiro atoms. The zero-order valence-corrected chi connectivity index (χ0v) is 14.3. The Morgan fingerprint density at radius 3 is 3.00 bits per heavy atom. The first-order chi connectivity index (χ1) is 12.8. The number of rotatable bonds is 3. The molecule has 1 N–H and O–H groups in total. The maximum atomic E-state index is 11.9. The van der Waals surface area contributed by atoms with Gasteiger partial charge in [-0.15, -0.1) is 5.10 Å². The molecule has 5 rings (SSSR count). The summed E-state index contributed by atoms with van der Waals surface area (Å²) in [4.78, 5) is 23.2. The van der Waals surface area contributed by atoms with Crippen LogP contribution in [0, 0.1) is 0 Å². The smallest absolute Gasteiger partial charge is 0.258 e. The van der Waals surface area contributed by atoms with E-state index in [9.17, 15) is 4.79 Å². The second-order valence-electron chi connectivity index (χ2n) is 5.74. The quantitative estimate of drug-likeness (QED) is 0.554. The summed E-state index contributed by atoms with van der Waals surface area (Å²) >= 11 is 1.50. The zero-order chi connectivity index (χ0) is 17.5. The van der Waals surface area contributed by atoms with E-state index in [-0.39, 0.29) is 5.56 Å². The highest BCUT2D eigenvalue weighted by atomic mass is 32.2. The number of aromatic amines is 1. The zero-order valence-electron chi connectivity index (χ0n) is 13.5. The lowest BCUT2D eigenvalue weighted by Crippen LogP contribution is -2.15. The Balaban J connectivity index is 1.44. The molecular weight excluding hydrogens is 354 g/mol. The molecule has 0 bridgehead atoms. The van der Waals surface area contributed by atoms with Crippen molar-refractivity contribution >= 4 is 28.4 Å². The molecule has 0 aliphatic carbocycles. The van der Waals surface area contributed by atoms with Gasteiger partial charge in [0, 0.05) is 18.1 Å². The van der Waals surface area contributed by atoms with E-state index in [1.54, 1.807) is 16.8 Å². The van der Waals surface area contributed by atoms with Gasteiger partial charge in [-0.2, -0.15) is 9.50 Å². The third-order valence-corrected chi connectivity index (χ3v) is 4.97. The molecule has 4 heterocycles. The number of ether oxygens (including phenoxy) is 2. The summed E-state index contributed by atoms with van der Waals surface area (Å²) in [5, 5.41) is 5.56. The van der Waals surface area contributed by atoms with Crippen molar-refractivity contribution in [3.05, 3.63) is 52.6 Å². The number of fused-ring (bicyclic) bond motifs is 4. The second kappa shape index (κ2) is 6.03. The van der Waals surface area contributed by atoms with Crippen LogP contribution in [0.4, 0.5) is 0 Å². The van der Waals surface area contributed by atoms with Gasteiger partial charge in [-0.1, -0.05) is 17.8 Å². The average molecular weight is 367 g/mol. The maximum Gasteiger partial charge on any atom is 0.258 e. The van der Waals surface area contributed by atoms with Crippen LogP contribution in [-0.2, 0) is 5.75 Å². The van der Waals surface area contributed by atoms with Gasteiger partial charge in [0.1, 0.15) is 13.2 Å². The van der Waals surface area contributed by atoms with Crippen molar-refractivity contribution < 1.29 is 9.47 Å². The Bertz CT molecular complexity index is 1190. The van der Waals surface area contributed by atoms with Crippen molar-refractivity contribution in [2.75, 3.05) is 13.2 Å². The summed E-state index contributed by atoms with van der Waals surface area (Å²) in [5.41, 5.74) is 1.57. The minimum absolute atomic E-state index is 0.196. The van der Waals surface area contributed by atoms with Crippen LogP contribution in [0.15, 0.2) is 46.6 Å². The van der Waals surface area contributed by atoms with Crippen molar-refractivity contribution in [1.82, 2.24) is 24.6 Å². The van der Waals surface area contributed by atoms with Crippen molar-refractivity contribution in [2.24, 2.45) is 0 Å². The maximum absolute atomic E-state index is 11.9. The number of H-pyrrole nitrogens is 1. The van der Waals surface area contributed by atoms with Crippen molar-refractivity contribution in [2.45, 2.75) is 10.9 Å². The number of hydrogen-bond acceptors (Lipinski definition) is 7. The minimum atomic E-state index is -0.196. The molecular formula is C17H13N5O3S. The van der Waals surface area contributed by atoms with Gasteiger partial charge >= 0.3 is 0 Å². The lowest BCUT2D eigenvalue weighted by Gasteiger charge is -2.18. The third kappa shape index (κ3) is 2.57. The number of nitrogens with zero attached hydrogens (tertiary/aromatic N) is 4. The number of nitrogens with one attached hydrogen (secondary N) is 1. The predicted molar refractivity (Wildman–Crippen MR) is 95.9 cm³/mol. The molecule has 130 valence electrons. The summed E-state index contributed by atoms with van der Waals surface area (Å²) in [6.45, 7) is 1.14. The van der Waals surface area contributed by atoms with Crippen LogP contribution in [-0.4, -0.2) is 37.8 Å². The summed E-state index contributed by atoms with van der Waals surface area (Å²) in [5.74, 6) is 2.69. The number of benzene rings is 1. The molecule has 8 nitrogen and oxygen atoms in total. The molecule has 0 atom stereocenters. The molecule has 1 aliphatic heterocycles. The monoisotopic (exact) mass is 367 g/mol. The molecule has 0 saturated carbocycles. The van der Waals surface area contributed by atoms with Crippen molar-refractivity contribution in [3.8, 4) is 11.5 Å². The summed E-state index contributed by atoms with van der Waals surface area (Å²) in [6, 6.07) is 7.69. The molecule has 3 aromatic heterocycles. The Kier molecular flexibility index (Phi) is 3.52. The number of hydrogen-bond donors (Lipinski definition) is 1. The van der Waals surface area contributed by atoms with Gasteiger partial charge in [-0.3, -0.25) is 4.79 Å². The molecule has 9 heteroatoms. The van der Waals surface area contributed by atoms with E-state index < -0.39 is 0 Å². The van der Waals surface area contributed by atoms with E-state index in [0.717, 1.165) is 17.1 Å². The van der Waals surface area contributed by atoms with Crippen LogP contribution in [0.5, 0.6) is 11.5 Å². The number of thioether (sulfide) groups is 1. The van der Waals surface area contributed by atoms with Gasteiger partial charge in [0.15, 0.2) is 11.5 Å². The van der Waals surface area contributed by atoms with Crippen LogP contribution in [0.3, 0.4) is 0 Å². The van der Waals surface area contributed by atoms with E-state index in [1.165, 1.54) is 18.0 Å². The highest BCUT2D eigenvalue weighted by Crippen LogP contribution is 2.32. The van der Waals surface area contributed by atoms with Crippen molar-refractivity contribution in [1.29, 1.82) is 0 Å². The number of pyridine rings is 1. The van der Waals surface area contributed by atoms with E-state index >= 15 is 0 Å². The summed E-state index contributed by atoms with van der Waals surface area (Å²) in [6.07, 6.45) is 3.11. The predicted octanol–water partition coefficient (Wildman–Crippen LogP) is 2.03. The van der Waals surface area contributed by atoms with Gasteiger partial charge in [-0.05, 0) is 23.8 Å². The molecule has 0 radical (unpaired) electrons. The molecule has 0 fully saturated rings. The molecule has 0 unspecified atom stereocenters. The lowest BCUT2D eigenvalue weighted by atomic mass is 10.2. The first kappa shape index (κ1) is 15.2. The van der Waals surface area contributed by atoms with Crippen LogP contribution in [0.1, 0.15) is 5.56 Å².